The third kappa shape index (κ3) is 2.98. The Morgan fingerprint density at radius 1 is 1.50 bits per heavy atom. The number of likely N-dealkylation sites (N-methyl/N-ethyl adjacent to an activating group) is 1. The zero-order valence-electron chi connectivity index (χ0n) is 11.0. The molecular weight excluding hydrogens is 237 g/mol. The molecule has 0 spiro atoms. The predicted octanol–water partition coefficient (Wildman–Crippen LogP) is 2.13. The molecule has 1 aromatic carbocycles. The Kier molecular flexibility index (Phi) is 4.29. The quantitative estimate of drug-likeness (QED) is 0.875. The molecule has 0 aliphatic heterocycles. The summed E-state index contributed by atoms with van der Waals surface area (Å²) < 4.78 is 18.6. The number of nitrogens with zero attached hydrogens (tertiary/aromatic N) is 1. The largest absolute Gasteiger partial charge is 0.497 e. The van der Waals surface area contributed by atoms with Crippen molar-refractivity contribution in [1.82, 2.24) is 4.90 Å². The van der Waals surface area contributed by atoms with E-state index in [1.54, 1.807) is 37.9 Å². The summed E-state index contributed by atoms with van der Waals surface area (Å²) in [5.41, 5.74) is -0.612. The molecule has 0 aliphatic carbocycles. The van der Waals surface area contributed by atoms with Gasteiger partial charge in [-0.25, -0.2) is 4.39 Å². The maximum absolute atomic E-state index is 13.7. The fourth-order valence-corrected chi connectivity index (χ4v) is 1.40. The van der Waals surface area contributed by atoms with Crippen LogP contribution in [0.15, 0.2) is 18.2 Å². The van der Waals surface area contributed by atoms with Crippen molar-refractivity contribution in [2.45, 2.75) is 25.9 Å². The smallest absolute Gasteiger partial charge is 0.323 e. The lowest BCUT2D eigenvalue weighted by atomic mass is 10.0. The molecule has 100 valence electrons. The van der Waals surface area contributed by atoms with Crippen molar-refractivity contribution in [3.8, 4) is 5.75 Å². The van der Waals surface area contributed by atoms with E-state index in [1.165, 1.54) is 13.2 Å². The molecule has 18 heavy (non-hydrogen) atoms. The highest BCUT2D eigenvalue weighted by Gasteiger charge is 2.32. The van der Waals surface area contributed by atoms with Crippen LogP contribution >= 0.6 is 0 Å². The van der Waals surface area contributed by atoms with Gasteiger partial charge in [0.2, 0.25) is 0 Å². The lowest BCUT2D eigenvalue weighted by Gasteiger charge is -2.31. The number of methoxy groups -OCH3 is 1. The van der Waals surface area contributed by atoms with Crippen molar-refractivity contribution < 1.29 is 19.0 Å². The molecule has 0 aliphatic rings. The van der Waals surface area contributed by atoms with Crippen molar-refractivity contribution in [3.63, 3.8) is 0 Å². The molecule has 0 heterocycles. The van der Waals surface area contributed by atoms with E-state index in [1.807, 2.05) is 0 Å². The molecule has 0 saturated heterocycles. The minimum absolute atomic E-state index is 0.217. The first-order chi connectivity index (χ1) is 8.28. The molecule has 4 nitrogen and oxygen atoms in total. The van der Waals surface area contributed by atoms with Gasteiger partial charge >= 0.3 is 5.97 Å². The first kappa shape index (κ1) is 14.4. The highest BCUT2D eigenvalue weighted by atomic mass is 19.1. The first-order valence-electron chi connectivity index (χ1n) is 5.56. The summed E-state index contributed by atoms with van der Waals surface area (Å²) in [5.74, 6) is -0.905. The second-order valence-corrected chi connectivity index (χ2v) is 4.68. The molecule has 5 heteroatoms. The third-order valence-corrected chi connectivity index (χ3v) is 3.15. The van der Waals surface area contributed by atoms with Crippen molar-refractivity contribution in [1.29, 1.82) is 0 Å². The number of halogens is 1. The topological polar surface area (TPSA) is 49.8 Å². The van der Waals surface area contributed by atoms with E-state index in [0.29, 0.717) is 11.3 Å². The van der Waals surface area contributed by atoms with Crippen LogP contribution in [0.4, 0.5) is 4.39 Å². The van der Waals surface area contributed by atoms with E-state index in [-0.39, 0.29) is 6.54 Å². The van der Waals surface area contributed by atoms with E-state index < -0.39 is 17.3 Å². The molecule has 0 atom stereocenters. The number of hydrogen-bond donors (Lipinski definition) is 1. The van der Waals surface area contributed by atoms with Gasteiger partial charge in [0.1, 0.15) is 17.1 Å². The van der Waals surface area contributed by atoms with Gasteiger partial charge in [-0.15, -0.1) is 0 Å². The van der Waals surface area contributed by atoms with Crippen LogP contribution in [0.3, 0.4) is 0 Å². The first-order valence-corrected chi connectivity index (χ1v) is 5.56. The fourth-order valence-electron chi connectivity index (χ4n) is 1.40. The van der Waals surface area contributed by atoms with Gasteiger partial charge in [0, 0.05) is 18.2 Å². The van der Waals surface area contributed by atoms with Crippen LogP contribution in [0, 0.1) is 5.82 Å². The minimum atomic E-state index is -1.05. The van der Waals surface area contributed by atoms with Crippen molar-refractivity contribution in [2.24, 2.45) is 0 Å². The van der Waals surface area contributed by atoms with Gasteiger partial charge in [0.25, 0.3) is 0 Å². The molecule has 0 radical (unpaired) electrons. The summed E-state index contributed by atoms with van der Waals surface area (Å²) in [7, 11) is 3.12. The lowest BCUT2D eigenvalue weighted by Crippen LogP contribution is -2.47. The Balaban J connectivity index is 2.88. The number of ether oxygens (including phenoxy) is 1. The molecule has 0 amide bonds. The van der Waals surface area contributed by atoms with Crippen molar-refractivity contribution >= 4 is 5.97 Å². The molecule has 0 fully saturated rings. The molecule has 1 rings (SSSR count). The van der Waals surface area contributed by atoms with Gasteiger partial charge in [0.05, 0.1) is 7.11 Å². The molecular formula is C13H18FNO3. The van der Waals surface area contributed by atoms with Crippen LogP contribution in [0.5, 0.6) is 5.75 Å². The Morgan fingerprint density at radius 2 is 2.11 bits per heavy atom. The minimum Gasteiger partial charge on any atom is -0.497 e. The number of aliphatic carboxylic acids is 1. The predicted molar refractivity (Wildman–Crippen MR) is 66.1 cm³/mol. The summed E-state index contributed by atoms with van der Waals surface area (Å²) >= 11 is 0. The Bertz CT molecular complexity index is 446. The number of carboxylic acid groups (broad SMARTS) is 1. The van der Waals surface area contributed by atoms with E-state index >= 15 is 0 Å². The zero-order chi connectivity index (χ0) is 13.9. The molecule has 1 N–H and O–H groups in total. The van der Waals surface area contributed by atoms with E-state index in [9.17, 15) is 9.18 Å². The highest BCUT2D eigenvalue weighted by molar-refractivity contribution is 5.77. The van der Waals surface area contributed by atoms with Gasteiger partial charge in [0.15, 0.2) is 0 Å². The third-order valence-electron chi connectivity index (χ3n) is 3.15. The molecule has 0 bridgehead atoms. The van der Waals surface area contributed by atoms with E-state index in [0.717, 1.165) is 0 Å². The summed E-state index contributed by atoms with van der Waals surface area (Å²) in [4.78, 5) is 12.7. The summed E-state index contributed by atoms with van der Waals surface area (Å²) in [5, 5.41) is 9.09. The number of carboxylic acids is 1. The van der Waals surface area contributed by atoms with Crippen LogP contribution in [0.1, 0.15) is 19.4 Å². The average molecular weight is 255 g/mol. The number of carbonyl (C=O) groups is 1. The lowest BCUT2D eigenvalue weighted by molar-refractivity contribution is -0.148. The SMILES string of the molecule is COc1ccc(CN(C)C(C)(C)C(=O)O)c(F)c1. The van der Waals surface area contributed by atoms with Crippen molar-refractivity contribution in [3.05, 3.63) is 29.6 Å². The van der Waals surface area contributed by atoms with Crippen LogP contribution in [-0.4, -0.2) is 35.7 Å². The number of benzene rings is 1. The fraction of sp³-hybridized carbons (Fsp3) is 0.462. The Morgan fingerprint density at radius 3 is 2.56 bits per heavy atom. The van der Waals surface area contributed by atoms with E-state index in [2.05, 4.69) is 0 Å². The van der Waals surface area contributed by atoms with Gasteiger partial charge in [-0.3, -0.25) is 9.69 Å². The molecule has 0 unspecified atom stereocenters. The van der Waals surface area contributed by atoms with Gasteiger partial charge in [-0.2, -0.15) is 0 Å². The Hall–Kier alpha value is -1.62. The molecule has 0 saturated carbocycles. The normalized spacial score (nSPS) is 11.7. The van der Waals surface area contributed by atoms with E-state index in [4.69, 9.17) is 9.84 Å². The molecule has 1 aromatic rings. The summed E-state index contributed by atoms with van der Waals surface area (Å²) in [6.07, 6.45) is 0. The summed E-state index contributed by atoms with van der Waals surface area (Å²) in [6, 6.07) is 4.54. The highest BCUT2D eigenvalue weighted by Crippen LogP contribution is 2.21. The second kappa shape index (κ2) is 5.35. The standard InChI is InChI=1S/C13H18FNO3/c1-13(2,12(16)17)15(3)8-9-5-6-10(18-4)7-11(9)14/h5-7H,8H2,1-4H3,(H,16,17). The van der Waals surface area contributed by atoms with Crippen LogP contribution < -0.4 is 4.74 Å². The van der Waals surface area contributed by atoms with Crippen molar-refractivity contribution in [2.75, 3.05) is 14.2 Å². The average Bonchev–Trinajstić information content (AvgIpc) is 2.31. The zero-order valence-corrected chi connectivity index (χ0v) is 11.0. The number of rotatable bonds is 5. The van der Waals surface area contributed by atoms with Crippen LogP contribution in [0.2, 0.25) is 0 Å². The number of hydrogen-bond acceptors (Lipinski definition) is 3. The maximum atomic E-state index is 13.7. The Labute approximate surface area is 106 Å². The van der Waals surface area contributed by atoms with Crippen LogP contribution in [0.25, 0.3) is 0 Å². The maximum Gasteiger partial charge on any atom is 0.323 e. The van der Waals surface area contributed by atoms with Gasteiger partial charge in [-0.1, -0.05) is 6.07 Å². The second-order valence-electron chi connectivity index (χ2n) is 4.68. The van der Waals surface area contributed by atoms with Gasteiger partial charge in [-0.05, 0) is 27.0 Å². The van der Waals surface area contributed by atoms with Gasteiger partial charge < -0.3 is 9.84 Å². The summed E-state index contributed by atoms with van der Waals surface area (Å²) in [6.45, 7) is 3.38. The molecule has 0 aromatic heterocycles. The van der Waals surface area contributed by atoms with Crippen LogP contribution in [-0.2, 0) is 11.3 Å². The monoisotopic (exact) mass is 255 g/mol.